The van der Waals surface area contributed by atoms with Crippen LogP contribution in [0.4, 0.5) is 10.1 Å². The van der Waals surface area contributed by atoms with E-state index in [1.54, 1.807) is 13.2 Å². The third kappa shape index (κ3) is 4.45. The second kappa shape index (κ2) is 9.07. The van der Waals surface area contributed by atoms with E-state index in [0.29, 0.717) is 47.2 Å². The van der Waals surface area contributed by atoms with Gasteiger partial charge in [-0.25, -0.2) is 19.4 Å². The Labute approximate surface area is 165 Å². The summed E-state index contributed by atoms with van der Waals surface area (Å²) in [7, 11) is 1.65. The van der Waals surface area contributed by atoms with E-state index in [0.717, 1.165) is 12.6 Å². The van der Waals surface area contributed by atoms with E-state index in [1.165, 1.54) is 18.3 Å². The van der Waals surface area contributed by atoms with Gasteiger partial charge in [0.1, 0.15) is 11.6 Å². The van der Waals surface area contributed by atoms with Crippen LogP contribution in [0, 0.1) is 11.2 Å². The van der Waals surface area contributed by atoms with Gasteiger partial charge in [-0.3, -0.25) is 10.6 Å². The Bertz CT molecular complexity index is 980. The number of amidine groups is 1. The van der Waals surface area contributed by atoms with Crippen molar-refractivity contribution in [2.75, 3.05) is 31.9 Å². The van der Waals surface area contributed by atoms with E-state index in [4.69, 9.17) is 21.7 Å². The second-order valence-electron chi connectivity index (χ2n) is 5.99. The topological polar surface area (TPSA) is 110 Å². The van der Waals surface area contributed by atoms with Crippen LogP contribution in [-0.4, -0.2) is 52.8 Å². The van der Waals surface area contributed by atoms with Crippen LogP contribution in [0.25, 0.3) is 11.2 Å². The molecule has 0 saturated heterocycles. The normalized spacial score (nSPS) is 11.1. The van der Waals surface area contributed by atoms with E-state index in [2.05, 4.69) is 20.3 Å². The number of aromatic amines is 1. The van der Waals surface area contributed by atoms with Crippen LogP contribution in [0.3, 0.4) is 0 Å². The first-order valence-corrected chi connectivity index (χ1v) is 8.95. The summed E-state index contributed by atoms with van der Waals surface area (Å²) < 4.78 is 18.3. The van der Waals surface area contributed by atoms with Crippen LogP contribution in [0.2, 0.25) is 5.02 Å². The van der Waals surface area contributed by atoms with Crippen molar-refractivity contribution in [2.24, 2.45) is 0 Å². The van der Waals surface area contributed by atoms with Gasteiger partial charge in [-0.05, 0) is 24.3 Å². The third-order valence-corrected chi connectivity index (χ3v) is 4.37. The van der Waals surface area contributed by atoms with Crippen LogP contribution >= 0.6 is 11.6 Å². The van der Waals surface area contributed by atoms with Gasteiger partial charge in [0.05, 0.1) is 22.8 Å². The molecule has 4 N–H and O–H groups in total. The number of halogens is 2. The Morgan fingerprint density at radius 2 is 2.21 bits per heavy atom. The summed E-state index contributed by atoms with van der Waals surface area (Å²) in [6, 6.07) is 5.30. The van der Waals surface area contributed by atoms with Crippen molar-refractivity contribution >= 4 is 34.3 Å². The fraction of sp³-hybridized carbons (Fsp3) is 0.278. The summed E-state index contributed by atoms with van der Waals surface area (Å²) in [6.07, 6.45) is 2.16. The molecule has 10 heteroatoms. The minimum atomic E-state index is -0.603. The number of methoxy groups -OCH3 is 1. The lowest BCUT2D eigenvalue weighted by Gasteiger charge is -2.18. The molecule has 8 nitrogen and oxygen atoms in total. The number of H-pyrrole nitrogens is 1. The first-order chi connectivity index (χ1) is 13.5. The number of aromatic nitrogens is 3. The van der Waals surface area contributed by atoms with Crippen LogP contribution in [0.15, 0.2) is 30.5 Å². The number of nitrogens with zero attached hydrogens (tertiary/aromatic N) is 3. The van der Waals surface area contributed by atoms with Crippen LogP contribution < -0.4 is 10.4 Å². The zero-order chi connectivity index (χ0) is 20.1. The second-order valence-corrected chi connectivity index (χ2v) is 6.40. The molecule has 0 amide bonds. The van der Waals surface area contributed by atoms with Gasteiger partial charge >= 0.3 is 0 Å². The predicted molar refractivity (Wildman–Crippen MR) is 105 cm³/mol. The lowest BCUT2D eigenvalue weighted by molar-refractivity contribution is 0.199. The number of hydrogen-bond donors (Lipinski definition) is 4. The molecule has 0 fully saturated rings. The standard InChI is InChI=1S/C18H20ClFN6O2/c1-28-9-8-22-6-5-15-24-16-12(4-7-23-18(16)25-15)17(21)26(27)11-2-3-14(20)13(19)10-11/h2-4,7,10,21-22,27H,5-6,8-9H2,1H3,(H,23,24,25). The zero-order valence-corrected chi connectivity index (χ0v) is 15.9. The molecule has 148 valence electrons. The number of rotatable bonds is 8. The molecule has 0 bridgehead atoms. The van der Waals surface area contributed by atoms with Gasteiger partial charge in [-0.15, -0.1) is 0 Å². The molecule has 2 aromatic heterocycles. The molecule has 0 aliphatic rings. The molecular formula is C18H20ClFN6O2. The fourth-order valence-corrected chi connectivity index (χ4v) is 2.82. The molecular weight excluding hydrogens is 387 g/mol. The quantitative estimate of drug-likeness (QED) is 0.198. The van der Waals surface area contributed by atoms with E-state index < -0.39 is 5.82 Å². The highest BCUT2D eigenvalue weighted by Gasteiger charge is 2.18. The smallest absolute Gasteiger partial charge is 0.178 e. The van der Waals surface area contributed by atoms with Gasteiger partial charge in [0, 0.05) is 38.4 Å². The number of pyridine rings is 1. The zero-order valence-electron chi connectivity index (χ0n) is 15.2. The first-order valence-electron chi connectivity index (χ1n) is 8.57. The van der Waals surface area contributed by atoms with Crippen molar-refractivity contribution in [3.63, 3.8) is 0 Å². The molecule has 0 atom stereocenters. The maximum atomic E-state index is 13.3. The molecule has 0 unspecified atom stereocenters. The maximum absolute atomic E-state index is 13.3. The van der Waals surface area contributed by atoms with Crippen LogP contribution in [0.1, 0.15) is 11.4 Å². The highest BCUT2D eigenvalue weighted by molar-refractivity contribution is 6.31. The highest BCUT2D eigenvalue weighted by Crippen LogP contribution is 2.24. The lowest BCUT2D eigenvalue weighted by atomic mass is 10.2. The Morgan fingerprint density at radius 1 is 1.39 bits per heavy atom. The monoisotopic (exact) mass is 406 g/mol. The van der Waals surface area contributed by atoms with Gasteiger partial charge in [-0.2, -0.15) is 0 Å². The number of fused-ring (bicyclic) bond motifs is 1. The van der Waals surface area contributed by atoms with Crippen molar-refractivity contribution in [1.29, 1.82) is 5.41 Å². The molecule has 1 aromatic carbocycles. The fourth-order valence-electron chi connectivity index (χ4n) is 2.64. The lowest BCUT2D eigenvalue weighted by Crippen LogP contribution is -2.27. The van der Waals surface area contributed by atoms with Gasteiger partial charge in [0.2, 0.25) is 0 Å². The number of nitrogens with one attached hydrogen (secondary N) is 3. The number of hydroxylamine groups is 1. The third-order valence-electron chi connectivity index (χ3n) is 4.08. The van der Waals surface area contributed by atoms with Crippen molar-refractivity contribution in [1.82, 2.24) is 20.3 Å². The number of anilines is 1. The first kappa shape index (κ1) is 20.2. The molecule has 2 heterocycles. The molecule has 0 aliphatic heterocycles. The molecule has 3 aromatic rings. The van der Waals surface area contributed by atoms with Crippen molar-refractivity contribution in [3.05, 3.63) is 52.7 Å². The number of benzene rings is 1. The summed E-state index contributed by atoms with van der Waals surface area (Å²) in [5.41, 5.74) is 1.55. The van der Waals surface area contributed by atoms with E-state index in [-0.39, 0.29) is 16.5 Å². The van der Waals surface area contributed by atoms with Gasteiger partial charge in [-0.1, -0.05) is 11.6 Å². The molecule has 28 heavy (non-hydrogen) atoms. The number of imidazole rings is 1. The van der Waals surface area contributed by atoms with E-state index in [9.17, 15) is 9.60 Å². The number of hydrogen-bond acceptors (Lipinski definition) is 6. The minimum absolute atomic E-state index is 0.144. The molecule has 0 spiro atoms. The largest absolute Gasteiger partial charge is 0.383 e. The van der Waals surface area contributed by atoms with Crippen molar-refractivity contribution < 1.29 is 14.3 Å². The summed E-state index contributed by atoms with van der Waals surface area (Å²) in [6.45, 7) is 2.07. The molecule has 0 aliphatic carbocycles. The average Bonchev–Trinajstić information content (AvgIpc) is 3.11. The SMILES string of the molecule is COCCNCCc1nc2nccc(C(=N)N(O)c3ccc(F)c(Cl)c3)c2[nH]1. The highest BCUT2D eigenvalue weighted by atomic mass is 35.5. The summed E-state index contributed by atoms with van der Waals surface area (Å²) >= 11 is 5.76. The van der Waals surface area contributed by atoms with Crippen molar-refractivity contribution in [3.8, 4) is 0 Å². The Morgan fingerprint density at radius 3 is 2.96 bits per heavy atom. The van der Waals surface area contributed by atoms with E-state index in [1.807, 2.05) is 0 Å². The van der Waals surface area contributed by atoms with Crippen LogP contribution in [-0.2, 0) is 11.2 Å². The Kier molecular flexibility index (Phi) is 6.53. The summed E-state index contributed by atoms with van der Waals surface area (Å²) in [5.74, 6) is -0.112. The van der Waals surface area contributed by atoms with E-state index >= 15 is 0 Å². The van der Waals surface area contributed by atoms with Gasteiger partial charge in [0.15, 0.2) is 11.5 Å². The van der Waals surface area contributed by atoms with Gasteiger partial charge in [0.25, 0.3) is 0 Å². The predicted octanol–water partition coefficient (Wildman–Crippen LogP) is 2.75. The van der Waals surface area contributed by atoms with Gasteiger partial charge < -0.3 is 15.0 Å². The minimum Gasteiger partial charge on any atom is -0.383 e. The molecule has 0 radical (unpaired) electrons. The summed E-state index contributed by atoms with van der Waals surface area (Å²) in [5, 5.41) is 22.5. The molecule has 3 rings (SSSR count). The number of ether oxygens (including phenoxy) is 1. The average molecular weight is 407 g/mol. The maximum Gasteiger partial charge on any atom is 0.178 e. The Balaban J connectivity index is 1.79. The van der Waals surface area contributed by atoms with Crippen LogP contribution in [0.5, 0.6) is 0 Å². The Hall–Kier alpha value is -2.59. The van der Waals surface area contributed by atoms with Crippen molar-refractivity contribution in [2.45, 2.75) is 6.42 Å². The molecule has 0 saturated carbocycles. The summed E-state index contributed by atoms with van der Waals surface area (Å²) in [4.78, 5) is 11.8.